The smallest absolute Gasteiger partial charge is 0.332 e. The summed E-state index contributed by atoms with van der Waals surface area (Å²) in [7, 11) is 0. The number of aliphatic carboxylic acids is 2. The molecule has 0 spiro atoms. The zero-order chi connectivity index (χ0) is 11.7. The Morgan fingerprint density at radius 1 is 1.27 bits per heavy atom. The Labute approximate surface area is 89.0 Å². The van der Waals surface area contributed by atoms with E-state index in [2.05, 4.69) is 0 Å². The maximum atomic E-state index is 10.7. The van der Waals surface area contributed by atoms with Crippen LogP contribution in [0.4, 0.5) is 0 Å². The molecular formula is C10H18O5. The zero-order valence-electron chi connectivity index (χ0n) is 8.94. The molecule has 0 saturated carbocycles. The van der Waals surface area contributed by atoms with Crippen molar-refractivity contribution in [1.82, 2.24) is 0 Å². The summed E-state index contributed by atoms with van der Waals surface area (Å²) in [4.78, 5) is 20.9. The minimum Gasteiger partial charge on any atom is -0.481 e. The summed E-state index contributed by atoms with van der Waals surface area (Å²) in [6.45, 7) is 2.33. The fourth-order valence-corrected chi connectivity index (χ4v) is 1.14. The third-order valence-electron chi connectivity index (χ3n) is 1.91. The van der Waals surface area contributed by atoms with Gasteiger partial charge in [0.15, 0.2) is 6.10 Å². The van der Waals surface area contributed by atoms with Crippen LogP contribution < -0.4 is 0 Å². The van der Waals surface area contributed by atoms with E-state index >= 15 is 0 Å². The van der Waals surface area contributed by atoms with Crippen molar-refractivity contribution in [2.75, 3.05) is 6.61 Å². The third-order valence-corrected chi connectivity index (χ3v) is 1.91. The summed E-state index contributed by atoms with van der Waals surface area (Å²) in [6.07, 6.45) is 1.50. The average Bonchev–Trinajstić information content (AvgIpc) is 2.15. The van der Waals surface area contributed by atoms with E-state index in [1.165, 1.54) is 0 Å². The van der Waals surface area contributed by atoms with Gasteiger partial charge >= 0.3 is 11.9 Å². The van der Waals surface area contributed by atoms with Crippen molar-refractivity contribution < 1.29 is 24.5 Å². The lowest BCUT2D eigenvalue weighted by atomic mass is 10.1. The van der Waals surface area contributed by atoms with Crippen LogP contribution in [0.15, 0.2) is 0 Å². The van der Waals surface area contributed by atoms with E-state index in [0.717, 1.165) is 6.42 Å². The first-order chi connectivity index (χ1) is 7.07. The van der Waals surface area contributed by atoms with Crippen LogP contribution in [0.2, 0.25) is 0 Å². The van der Waals surface area contributed by atoms with Crippen LogP contribution >= 0.6 is 0 Å². The van der Waals surface area contributed by atoms with E-state index in [-0.39, 0.29) is 6.42 Å². The highest BCUT2D eigenvalue weighted by Crippen LogP contribution is 2.07. The van der Waals surface area contributed by atoms with E-state index in [4.69, 9.17) is 14.9 Å². The van der Waals surface area contributed by atoms with Gasteiger partial charge in [-0.25, -0.2) is 4.79 Å². The molecule has 0 aromatic rings. The molecule has 0 aromatic heterocycles. The van der Waals surface area contributed by atoms with Gasteiger partial charge < -0.3 is 14.9 Å². The molecule has 0 saturated heterocycles. The molecule has 2 N–H and O–H groups in total. The van der Waals surface area contributed by atoms with Crippen LogP contribution in [0.25, 0.3) is 0 Å². The molecule has 88 valence electrons. The van der Waals surface area contributed by atoms with Crippen LogP contribution in [-0.4, -0.2) is 34.9 Å². The molecule has 0 aliphatic carbocycles. The van der Waals surface area contributed by atoms with Crippen LogP contribution in [0.5, 0.6) is 0 Å². The van der Waals surface area contributed by atoms with E-state index < -0.39 is 18.0 Å². The molecule has 0 aliphatic rings. The Hall–Kier alpha value is -1.10. The number of carbonyl (C=O) groups is 2. The highest BCUT2D eigenvalue weighted by molar-refractivity contribution is 5.72. The number of rotatable bonds is 9. The Balaban J connectivity index is 3.66. The van der Waals surface area contributed by atoms with Crippen molar-refractivity contribution in [1.29, 1.82) is 0 Å². The fourth-order valence-electron chi connectivity index (χ4n) is 1.14. The summed E-state index contributed by atoms with van der Waals surface area (Å²) >= 11 is 0. The summed E-state index contributed by atoms with van der Waals surface area (Å²) < 4.78 is 5.11. The highest BCUT2D eigenvalue weighted by Gasteiger charge is 2.16. The van der Waals surface area contributed by atoms with Gasteiger partial charge in [-0.15, -0.1) is 0 Å². The second-order valence-electron chi connectivity index (χ2n) is 3.34. The molecule has 0 bridgehead atoms. The van der Waals surface area contributed by atoms with Crippen molar-refractivity contribution >= 4 is 11.9 Å². The van der Waals surface area contributed by atoms with Crippen molar-refractivity contribution in [3.63, 3.8) is 0 Å². The predicted molar refractivity (Wildman–Crippen MR) is 53.8 cm³/mol. The molecule has 5 nitrogen and oxygen atoms in total. The van der Waals surface area contributed by atoms with Gasteiger partial charge in [0.25, 0.3) is 0 Å². The Kier molecular flexibility index (Phi) is 7.62. The van der Waals surface area contributed by atoms with Crippen LogP contribution in [0.3, 0.4) is 0 Å². The second kappa shape index (κ2) is 8.23. The largest absolute Gasteiger partial charge is 0.481 e. The van der Waals surface area contributed by atoms with E-state index in [1.807, 2.05) is 6.92 Å². The molecule has 1 atom stereocenters. The Bertz CT molecular complexity index is 202. The van der Waals surface area contributed by atoms with Crippen LogP contribution in [0.1, 0.15) is 39.0 Å². The first-order valence-electron chi connectivity index (χ1n) is 5.14. The first kappa shape index (κ1) is 13.9. The highest BCUT2D eigenvalue weighted by atomic mass is 16.5. The van der Waals surface area contributed by atoms with Gasteiger partial charge in [0, 0.05) is 13.0 Å². The molecule has 5 heteroatoms. The van der Waals surface area contributed by atoms with E-state index in [0.29, 0.717) is 25.9 Å². The van der Waals surface area contributed by atoms with Crippen molar-refractivity contribution in [3.05, 3.63) is 0 Å². The molecule has 0 aromatic carbocycles. The molecule has 0 aliphatic heterocycles. The van der Waals surface area contributed by atoms with E-state index in [9.17, 15) is 9.59 Å². The number of hydrogen-bond acceptors (Lipinski definition) is 3. The molecule has 0 amide bonds. The zero-order valence-corrected chi connectivity index (χ0v) is 8.94. The van der Waals surface area contributed by atoms with Crippen molar-refractivity contribution in [2.45, 2.75) is 45.1 Å². The summed E-state index contributed by atoms with van der Waals surface area (Å²) in [6, 6.07) is 0. The van der Waals surface area contributed by atoms with Crippen molar-refractivity contribution in [2.24, 2.45) is 0 Å². The maximum absolute atomic E-state index is 10.7. The number of carboxylic acid groups (broad SMARTS) is 2. The first-order valence-corrected chi connectivity index (χ1v) is 5.14. The quantitative estimate of drug-likeness (QED) is 0.573. The number of carboxylic acids is 2. The van der Waals surface area contributed by atoms with Crippen LogP contribution in [-0.2, 0) is 14.3 Å². The molecule has 0 radical (unpaired) electrons. The molecule has 1 unspecified atom stereocenters. The molecule has 0 rings (SSSR count). The molecule has 15 heavy (non-hydrogen) atoms. The van der Waals surface area contributed by atoms with Gasteiger partial charge in [-0.05, 0) is 25.7 Å². The fraction of sp³-hybridized carbons (Fsp3) is 0.800. The summed E-state index contributed by atoms with van der Waals surface area (Å²) in [5.74, 6) is -1.82. The number of unbranched alkanes of at least 4 members (excludes halogenated alkanes) is 1. The van der Waals surface area contributed by atoms with Gasteiger partial charge in [-0.3, -0.25) is 4.79 Å². The normalized spacial score (nSPS) is 12.3. The Morgan fingerprint density at radius 2 is 1.93 bits per heavy atom. The summed E-state index contributed by atoms with van der Waals surface area (Å²) in [5.41, 5.74) is 0. The standard InChI is InChI=1S/C10H18O5/c1-2-7-15-8(10(13)14)5-3-4-6-9(11)12/h8H,2-7H2,1H3,(H,11,12)(H,13,14). The topological polar surface area (TPSA) is 83.8 Å². The minimum absolute atomic E-state index is 0.0834. The number of ether oxygens (including phenoxy) is 1. The average molecular weight is 218 g/mol. The van der Waals surface area contributed by atoms with Gasteiger partial charge in [-0.2, -0.15) is 0 Å². The predicted octanol–water partition coefficient (Wildman–Crippen LogP) is 1.51. The molecule has 0 heterocycles. The molecule has 0 fully saturated rings. The SMILES string of the molecule is CCCOC(CCCCC(=O)O)C(=O)O. The Morgan fingerprint density at radius 3 is 2.40 bits per heavy atom. The van der Waals surface area contributed by atoms with Gasteiger partial charge in [0.2, 0.25) is 0 Å². The van der Waals surface area contributed by atoms with E-state index in [1.54, 1.807) is 0 Å². The van der Waals surface area contributed by atoms with Crippen LogP contribution in [0, 0.1) is 0 Å². The maximum Gasteiger partial charge on any atom is 0.332 e. The van der Waals surface area contributed by atoms with Crippen molar-refractivity contribution in [3.8, 4) is 0 Å². The number of hydrogen-bond donors (Lipinski definition) is 2. The summed E-state index contributed by atoms with van der Waals surface area (Å²) in [5, 5.41) is 17.1. The van der Waals surface area contributed by atoms with Gasteiger partial charge in [-0.1, -0.05) is 6.92 Å². The second-order valence-corrected chi connectivity index (χ2v) is 3.34. The molecular weight excluding hydrogens is 200 g/mol. The third kappa shape index (κ3) is 7.93. The lowest BCUT2D eigenvalue weighted by Gasteiger charge is -2.12. The monoisotopic (exact) mass is 218 g/mol. The van der Waals surface area contributed by atoms with Gasteiger partial charge in [0.05, 0.1) is 0 Å². The van der Waals surface area contributed by atoms with Gasteiger partial charge in [0.1, 0.15) is 0 Å². The minimum atomic E-state index is -0.973. The lowest BCUT2D eigenvalue weighted by Crippen LogP contribution is -2.24. The lowest BCUT2D eigenvalue weighted by molar-refractivity contribution is -0.150.